The molecule has 1 aromatic rings. The van der Waals surface area contributed by atoms with Crippen LogP contribution in [0.2, 0.25) is 0 Å². The maximum atomic E-state index is 9.75. The third-order valence-electron chi connectivity index (χ3n) is 3.15. The summed E-state index contributed by atoms with van der Waals surface area (Å²) in [7, 11) is 0. The van der Waals surface area contributed by atoms with Crippen LogP contribution in [-0.2, 0) is 6.42 Å². The van der Waals surface area contributed by atoms with Gasteiger partial charge in [-0.15, -0.1) is 10.2 Å². The second-order valence-electron chi connectivity index (χ2n) is 4.91. The van der Waals surface area contributed by atoms with Crippen LogP contribution in [0.15, 0.2) is 52.0 Å². The first-order valence-corrected chi connectivity index (χ1v) is 6.78. The summed E-state index contributed by atoms with van der Waals surface area (Å²) in [6.45, 7) is 3.90. The number of allylic oxidation sites excluding steroid dienone is 3. The van der Waals surface area contributed by atoms with E-state index >= 15 is 0 Å². The first kappa shape index (κ1) is 14.8. The average molecular weight is 285 g/mol. The fourth-order valence-electron chi connectivity index (χ4n) is 1.94. The molecule has 0 aliphatic heterocycles. The molecule has 6 heteroatoms. The maximum absolute atomic E-state index is 9.75. The predicted molar refractivity (Wildman–Crippen MR) is 82.4 cm³/mol. The molecule has 4 N–H and O–H groups in total. The summed E-state index contributed by atoms with van der Waals surface area (Å²) < 4.78 is 0.921. The number of nitrogens with two attached hydrogens (primary N) is 1. The smallest absolute Gasteiger partial charge is 0.190 e. The topological polar surface area (TPSA) is 99.7 Å². The van der Waals surface area contributed by atoms with Gasteiger partial charge in [-0.25, -0.2) is 0 Å². The zero-order valence-electron chi connectivity index (χ0n) is 12.2. The summed E-state index contributed by atoms with van der Waals surface area (Å²) in [5, 5.41) is 25.5. The molecular weight excluding hydrogens is 266 g/mol. The first-order valence-electron chi connectivity index (χ1n) is 6.78. The van der Waals surface area contributed by atoms with E-state index < -0.39 is 0 Å². The van der Waals surface area contributed by atoms with Crippen LogP contribution in [0.4, 0.5) is 0 Å². The van der Waals surface area contributed by atoms with Crippen molar-refractivity contribution >= 4 is 11.4 Å². The van der Waals surface area contributed by atoms with Crippen LogP contribution in [0.5, 0.6) is 0 Å². The molecular formula is C15H19N5O. The van der Waals surface area contributed by atoms with Gasteiger partial charge in [0, 0.05) is 6.20 Å². The summed E-state index contributed by atoms with van der Waals surface area (Å²) in [5.74, 6) is 0. The Morgan fingerprint density at radius 2 is 2.10 bits per heavy atom. The highest BCUT2D eigenvalue weighted by Crippen LogP contribution is 2.09. The van der Waals surface area contributed by atoms with Crippen LogP contribution < -0.4 is 11.2 Å². The maximum Gasteiger partial charge on any atom is 0.190 e. The third-order valence-corrected chi connectivity index (χ3v) is 3.15. The van der Waals surface area contributed by atoms with Crippen molar-refractivity contribution in [2.24, 2.45) is 15.9 Å². The van der Waals surface area contributed by atoms with Gasteiger partial charge >= 0.3 is 0 Å². The van der Waals surface area contributed by atoms with Crippen molar-refractivity contribution < 1.29 is 5.21 Å². The van der Waals surface area contributed by atoms with E-state index in [9.17, 15) is 5.21 Å². The Bertz CT molecular complexity index is 722. The molecule has 0 atom stereocenters. The van der Waals surface area contributed by atoms with Crippen molar-refractivity contribution in [2.75, 3.05) is 0 Å². The van der Waals surface area contributed by atoms with Gasteiger partial charge in [0.05, 0.1) is 11.4 Å². The number of pyridine rings is 1. The van der Waals surface area contributed by atoms with Crippen LogP contribution in [-0.4, -0.2) is 21.4 Å². The number of rotatable bonds is 3. The highest BCUT2D eigenvalue weighted by Gasteiger charge is 2.10. The molecule has 0 fully saturated rings. The van der Waals surface area contributed by atoms with Crippen molar-refractivity contribution in [3.8, 4) is 0 Å². The van der Waals surface area contributed by atoms with E-state index in [0.29, 0.717) is 22.6 Å². The fourth-order valence-corrected chi connectivity index (χ4v) is 1.94. The minimum atomic E-state index is 0.341. The first-order chi connectivity index (χ1) is 10.0. The highest BCUT2D eigenvalue weighted by atomic mass is 16.5. The van der Waals surface area contributed by atoms with Gasteiger partial charge in [-0.05, 0) is 48.8 Å². The number of aromatic nitrogens is 1. The zero-order valence-corrected chi connectivity index (χ0v) is 12.2. The van der Waals surface area contributed by atoms with Crippen LogP contribution in [0.1, 0.15) is 25.8 Å². The van der Waals surface area contributed by atoms with E-state index in [0.717, 1.165) is 28.7 Å². The summed E-state index contributed by atoms with van der Waals surface area (Å²) >= 11 is 0. The third kappa shape index (κ3) is 3.47. The lowest BCUT2D eigenvalue weighted by atomic mass is 10.0. The average Bonchev–Trinajstić information content (AvgIpc) is 2.44. The molecule has 0 amide bonds. The molecule has 1 heterocycles. The number of nitrogens with one attached hydrogen (secondary N) is 1. The monoisotopic (exact) mass is 285 g/mol. The van der Waals surface area contributed by atoms with E-state index in [2.05, 4.69) is 17.1 Å². The van der Waals surface area contributed by atoms with Crippen LogP contribution in [0.3, 0.4) is 0 Å². The molecule has 6 nitrogen and oxygen atoms in total. The lowest BCUT2D eigenvalue weighted by Crippen LogP contribution is -2.20. The summed E-state index contributed by atoms with van der Waals surface area (Å²) in [4.78, 5) is 0. The van der Waals surface area contributed by atoms with Gasteiger partial charge in [-0.1, -0.05) is 13.3 Å². The number of aryl methyl sites for hydroxylation is 1. The van der Waals surface area contributed by atoms with E-state index in [4.69, 9.17) is 11.1 Å². The van der Waals surface area contributed by atoms with E-state index in [1.165, 1.54) is 0 Å². The molecule has 1 aromatic heterocycles. The Hall–Kier alpha value is -2.63. The Morgan fingerprint density at radius 3 is 2.81 bits per heavy atom. The molecule has 0 saturated heterocycles. The van der Waals surface area contributed by atoms with Gasteiger partial charge in [-0.3, -0.25) is 0 Å². The molecule has 2 rings (SSSR count). The molecule has 0 bridgehead atoms. The second-order valence-corrected chi connectivity index (χ2v) is 4.91. The Morgan fingerprint density at radius 1 is 1.33 bits per heavy atom. The molecule has 0 radical (unpaired) electrons. The lowest BCUT2D eigenvalue weighted by Gasteiger charge is -2.09. The van der Waals surface area contributed by atoms with E-state index in [-0.39, 0.29) is 0 Å². The van der Waals surface area contributed by atoms with Crippen molar-refractivity contribution in [3.63, 3.8) is 0 Å². The SMILES string of the molecule is CCCc1ccn(O)/c(=N\N=C2/C=C(C)C(=N)C=C2N)c1. The molecule has 0 saturated carbocycles. The van der Waals surface area contributed by atoms with Gasteiger partial charge in [0.15, 0.2) is 5.49 Å². The van der Waals surface area contributed by atoms with E-state index in [1.807, 2.05) is 13.0 Å². The minimum Gasteiger partial charge on any atom is -0.427 e. The van der Waals surface area contributed by atoms with Gasteiger partial charge in [0.2, 0.25) is 0 Å². The standard InChI is InChI=1S/C15H19N5O/c1-3-4-11-5-6-20(21)15(8-11)19-18-14-7-10(2)12(16)9-13(14)17/h5-9,16,21H,3-4,17H2,1-2H3/b16-12?,18-14+,19-15-. The highest BCUT2D eigenvalue weighted by molar-refractivity contribution is 6.22. The Kier molecular flexibility index (Phi) is 4.37. The molecule has 1 aliphatic carbocycles. The quantitative estimate of drug-likeness (QED) is 0.448. The number of hydrogen-bond donors (Lipinski definition) is 3. The molecule has 0 spiro atoms. The molecule has 0 aromatic carbocycles. The van der Waals surface area contributed by atoms with Crippen molar-refractivity contribution in [2.45, 2.75) is 26.7 Å². The van der Waals surface area contributed by atoms with Gasteiger partial charge in [-0.2, -0.15) is 4.73 Å². The number of hydrogen-bond acceptors (Lipinski definition) is 5. The van der Waals surface area contributed by atoms with Gasteiger partial charge in [0.25, 0.3) is 0 Å². The van der Waals surface area contributed by atoms with Crippen molar-refractivity contribution in [1.82, 2.24) is 4.73 Å². The molecule has 1 aliphatic rings. The fraction of sp³-hybridized carbons (Fsp3) is 0.267. The Labute approximate surface area is 123 Å². The van der Waals surface area contributed by atoms with Crippen LogP contribution in [0, 0.1) is 5.41 Å². The van der Waals surface area contributed by atoms with Crippen LogP contribution in [0.25, 0.3) is 0 Å². The minimum absolute atomic E-state index is 0.341. The number of nitrogens with zero attached hydrogens (tertiary/aromatic N) is 3. The van der Waals surface area contributed by atoms with Gasteiger partial charge in [0.1, 0.15) is 5.71 Å². The summed E-state index contributed by atoms with van der Waals surface area (Å²) in [6.07, 6.45) is 6.73. The Balaban J connectivity index is 2.41. The second kappa shape index (κ2) is 6.21. The molecule has 21 heavy (non-hydrogen) atoms. The summed E-state index contributed by atoms with van der Waals surface area (Å²) in [5.41, 5.74) is 9.28. The normalized spacial score (nSPS) is 17.9. The zero-order chi connectivity index (χ0) is 15.4. The van der Waals surface area contributed by atoms with Crippen molar-refractivity contribution in [1.29, 1.82) is 5.41 Å². The summed E-state index contributed by atoms with van der Waals surface area (Å²) in [6, 6.07) is 3.63. The van der Waals surface area contributed by atoms with Crippen molar-refractivity contribution in [3.05, 3.63) is 52.8 Å². The predicted octanol–water partition coefficient (Wildman–Crippen LogP) is 1.76. The largest absolute Gasteiger partial charge is 0.427 e. The molecule has 0 unspecified atom stereocenters. The lowest BCUT2D eigenvalue weighted by molar-refractivity contribution is 0.171. The molecule has 110 valence electrons. The van der Waals surface area contributed by atoms with E-state index in [1.54, 1.807) is 24.4 Å². The van der Waals surface area contributed by atoms with Crippen LogP contribution >= 0.6 is 0 Å². The van der Waals surface area contributed by atoms with Gasteiger partial charge < -0.3 is 16.4 Å².